The highest BCUT2D eigenvalue weighted by atomic mass is 16.5. The second-order valence-electron chi connectivity index (χ2n) is 5.38. The Labute approximate surface area is 122 Å². The van der Waals surface area contributed by atoms with Crippen LogP contribution in [0.2, 0.25) is 0 Å². The van der Waals surface area contributed by atoms with Crippen molar-refractivity contribution in [2.24, 2.45) is 0 Å². The first-order valence-corrected chi connectivity index (χ1v) is 7.10. The highest BCUT2D eigenvalue weighted by molar-refractivity contribution is 5.81. The molecule has 4 heteroatoms. The molecule has 1 atom stereocenters. The van der Waals surface area contributed by atoms with Crippen LogP contribution in [0.15, 0.2) is 18.2 Å². The van der Waals surface area contributed by atoms with Gasteiger partial charge in [0.05, 0.1) is 0 Å². The lowest BCUT2D eigenvalue weighted by Gasteiger charge is -2.19. The SMILES string of the molecule is CCC(Oc1cc(C)ccc1C)C(=O)NCCN(C)C. The number of hydrogen-bond acceptors (Lipinski definition) is 3. The highest BCUT2D eigenvalue weighted by Crippen LogP contribution is 2.21. The molecule has 1 aromatic rings. The minimum Gasteiger partial charge on any atom is -0.480 e. The molecule has 0 radical (unpaired) electrons. The number of carbonyl (C=O) groups excluding carboxylic acids is 1. The molecule has 0 fully saturated rings. The zero-order valence-electron chi connectivity index (χ0n) is 13.2. The van der Waals surface area contributed by atoms with E-state index in [1.807, 2.05) is 58.0 Å². The molecular formula is C16H26N2O2. The lowest BCUT2D eigenvalue weighted by atomic mass is 10.1. The van der Waals surface area contributed by atoms with Crippen LogP contribution in [0.4, 0.5) is 0 Å². The summed E-state index contributed by atoms with van der Waals surface area (Å²) in [6, 6.07) is 6.03. The Balaban J connectivity index is 2.62. The lowest BCUT2D eigenvalue weighted by molar-refractivity contribution is -0.128. The van der Waals surface area contributed by atoms with Gasteiger partial charge in [-0.15, -0.1) is 0 Å². The Bertz CT molecular complexity index is 444. The van der Waals surface area contributed by atoms with Gasteiger partial charge in [0.25, 0.3) is 5.91 Å². The molecule has 0 bridgehead atoms. The van der Waals surface area contributed by atoms with Gasteiger partial charge in [0.15, 0.2) is 6.10 Å². The molecule has 112 valence electrons. The van der Waals surface area contributed by atoms with Gasteiger partial charge in [-0.05, 0) is 51.6 Å². The van der Waals surface area contributed by atoms with Gasteiger partial charge < -0.3 is 15.0 Å². The van der Waals surface area contributed by atoms with Crippen molar-refractivity contribution in [3.05, 3.63) is 29.3 Å². The summed E-state index contributed by atoms with van der Waals surface area (Å²) in [6.45, 7) is 7.43. The normalized spacial score (nSPS) is 12.3. The predicted octanol–water partition coefficient (Wildman–Crippen LogP) is 2.14. The molecule has 0 spiro atoms. The fourth-order valence-corrected chi connectivity index (χ4v) is 1.83. The average Bonchev–Trinajstić information content (AvgIpc) is 2.39. The Morgan fingerprint density at radius 3 is 2.65 bits per heavy atom. The number of nitrogens with one attached hydrogen (secondary N) is 1. The molecule has 0 aliphatic carbocycles. The van der Waals surface area contributed by atoms with E-state index < -0.39 is 6.10 Å². The molecule has 1 rings (SSSR count). The van der Waals surface area contributed by atoms with E-state index in [-0.39, 0.29) is 5.91 Å². The molecule has 1 N–H and O–H groups in total. The molecule has 1 unspecified atom stereocenters. The number of aryl methyl sites for hydroxylation is 2. The minimum absolute atomic E-state index is 0.0461. The van der Waals surface area contributed by atoms with Crippen molar-refractivity contribution in [1.29, 1.82) is 0 Å². The first kappa shape index (κ1) is 16.5. The Morgan fingerprint density at radius 2 is 2.05 bits per heavy atom. The van der Waals surface area contributed by atoms with E-state index in [4.69, 9.17) is 4.74 Å². The monoisotopic (exact) mass is 278 g/mol. The van der Waals surface area contributed by atoms with Crippen molar-refractivity contribution >= 4 is 5.91 Å². The maximum atomic E-state index is 12.1. The van der Waals surface area contributed by atoms with Gasteiger partial charge in [-0.3, -0.25) is 4.79 Å². The third-order valence-corrected chi connectivity index (χ3v) is 3.13. The fourth-order valence-electron chi connectivity index (χ4n) is 1.83. The average molecular weight is 278 g/mol. The van der Waals surface area contributed by atoms with Crippen LogP contribution in [-0.4, -0.2) is 44.1 Å². The van der Waals surface area contributed by atoms with Gasteiger partial charge in [0.1, 0.15) is 5.75 Å². The van der Waals surface area contributed by atoms with E-state index in [9.17, 15) is 4.79 Å². The summed E-state index contributed by atoms with van der Waals surface area (Å²) < 4.78 is 5.87. The maximum absolute atomic E-state index is 12.1. The quantitative estimate of drug-likeness (QED) is 0.831. The van der Waals surface area contributed by atoms with Gasteiger partial charge in [-0.1, -0.05) is 19.1 Å². The van der Waals surface area contributed by atoms with Gasteiger partial charge in [-0.2, -0.15) is 0 Å². The highest BCUT2D eigenvalue weighted by Gasteiger charge is 2.18. The second-order valence-corrected chi connectivity index (χ2v) is 5.38. The number of rotatable bonds is 7. The van der Waals surface area contributed by atoms with E-state index in [0.29, 0.717) is 13.0 Å². The van der Waals surface area contributed by atoms with Gasteiger partial charge in [0.2, 0.25) is 0 Å². The fraction of sp³-hybridized carbons (Fsp3) is 0.562. The van der Waals surface area contributed by atoms with Crippen LogP contribution in [-0.2, 0) is 4.79 Å². The van der Waals surface area contributed by atoms with Crippen molar-refractivity contribution in [2.45, 2.75) is 33.3 Å². The molecule has 1 amide bonds. The molecule has 4 nitrogen and oxygen atoms in total. The zero-order chi connectivity index (χ0) is 15.1. The van der Waals surface area contributed by atoms with Gasteiger partial charge >= 0.3 is 0 Å². The topological polar surface area (TPSA) is 41.6 Å². The van der Waals surface area contributed by atoms with Crippen LogP contribution < -0.4 is 10.1 Å². The van der Waals surface area contributed by atoms with E-state index in [1.54, 1.807) is 0 Å². The van der Waals surface area contributed by atoms with Crippen molar-refractivity contribution < 1.29 is 9.53 Å². The smallest absolute Gasteiger partial charge is 0.261 e. The van der Waals surface area contributed by atoms with Crippen LogP contribution in [0.25, 0.3) is 0 Å². The number of hydrogen-bond donors (Lipinski definition) is 1. The lowest BCUT2D eigenvalue weighted by Crippen LogP contribution is -2.40. The number of benzene rings is 1. The van der Waals surface area contributed by atoms with Crippen LogP contribution in [0.5, 0.6) is 5.75 Å². The summed E-state index contributed by atoms with van der Waals surface area (Å²) in [6.07, 6.45) is 0.221. The number of ether oxygens (including phenoxy) is 1. The van der Waals surface area contributed by atoms with Crippen LogP contribution in [0.3, 0.4) is 0 Å². The third-order valence-electron chi connectivity index (χ3n) is 3.13. The summed E-state index contributed by atoms with van der Waals surface area (Å²) >= 11 is 0. The Kier molecular flexibility index (Phi) is 6.52. The van der Waals surface area contributed by atoms with E-state index in [2.05, 4.69) is 5.32 Å². The molecule has 0 aliphatic rings. The summed E-state index contributed by atoms with van der Waals surface area (Å²) in [5.41, 5.74) is 2.18. The van der Waals surface area contributed by atoms with E-state index in [0.717, 1.165) is 23.4 Å². The number of carbonyl (C=O) groups is 1. The molecule has 0 aromatic heterocycles. The number of likely N-dealkylation sites (N-methyl/N-ethyl adjacent to an activating group) is 1. The maximum Gasteiger partial charge on any atom is 0.261 e. The van der Waals surface area contributed by atoms with Crippen LogP contribution in [0, 0.1) is 13.8 Å². The molecule has 0 saturated carbocycles. The van der Waals surface area contributed by atoms with Crippen molar-refractivity contribution in [3.8, 4) is 5.75 Å². The predicted molar refractivity (Wildman–Crippen MR) is 82.2 cm³/mol. The molecule has 20 heavy (non-hydrogen) atoms. The molecule has 0 saturated heterocycles. The van der Waals surface area contributed by atoms with Crippen LogP contribution >= 0.6 is 0 Å². The molecule has 1 aromatic carbocycles. The number of amides is 1. The molecular weight excluding hydrogens is 252 g/mol. The summed E-state index contributed by atoms with van der Waals surface area (Å²) in [7, 11) is 3.96. The Morgan fingerprint density at radius 1 is 1.35 bits per heavy atom. The van der Waals surface area contributed by atoms with Crippen molar-refractivity contribution in [1.82, 2.24) is 10.2 Å². The first-order valence-electron chi connectivity index (χ1n) is 7.10. The van der Waals surface area contributed by atoms with E-state index in [1.165, 1.54) is 0 Å². The van der Waals surface area contributed by atoms with Crippen molar-refractivity contribution in [2.75, 3.05) is 27.2 Å². The van der Waals surface area contributed by atoms with E-state index >= 15 is 0 Å². The van der Waals surface area contributed by atoms with Crippen LogP contribution in [0.1, 0.15) is 24.5 Å². The first-order chi connectivity index (χ1) is 9.43. The molecule has 0 aliphatic heterocycles. The summed E-state index contributed by atoms with van der Waals surface area (Å²) in [5.74, 6) is 0.745. The molecule has 0 heterocycles. The van der Waals surface area contributed by atoms with Crippen molar-refractivity contribution in [3.63, 3.8) is 0 Å². The van der Waals surface area contributed by atoms with Gasteiger partial charge in [0, 0.05) is 13.1 Å². The minimum atomic E-state index is -0.433. The zero-order valence-corrected chi connectivity index (χ0v) is 13.2. The second kappa shape index (κ2) is 7.90. The largest absolute Gasteiger partial charge is 0.480 e. The summed E-state index contributed by atoms with van der Waals surface area (Å²) in [5, 5.41) is 2.91. The standard InChI is InChI=1S/C16H26N2O2/c1-6-14(16(19)17-9-10-18(4)5)20-15-11-12(2)7-8-13(15)3/h7-8,11,14H,6,9-10H2,1-5H3,(H,17,19). The Hall–Kier alpha value is -1.55. The van der Waals surface area contributed by atoms with Gasteiger partial charge in [-0.25, -0.2) is 0 Å². The summed E-state index contributed by atoms with van der Waals surface area (Å²) in [4.78, 5) is 14.1. The third kappa shape index (κ3) is 5.21. The number of nitrogens with zero attached hydrogens (tertiary/aromatic N) is 1.